The number of carbonyl (C=O) groups excluding carboxylic acids is 2. The van der Waals surface area contributed by atoms with Gasteiger partial charge in [0, 0.05) is 37.2 Å². The highest BCUT2D eigenvalue weighted by Gasteiger charge is 2.32. The molecule has 1 saturated carbocycles. The van der Waals surface area contributed by atoms with Gasteiger partial charge >= 0.3 is 0 Å². The molecule has 4 aromatic rings. The molecule has 0 radical (unpaired) electrons. The van der Waals surface area contributed by atoms with E-state index in [0.29, 0.717) is 47.4 Å². The molecule has 4 N–H and O–H groups in total. The molecule has 5 heterocycles. The first-order valence-corrected chi connectivity index (χ1v) is 24.4. The van der Waals surface area contributed by atoms with Crippen LogP contribution in [-0.2, 0) is 19.6 Å². The molecule has 1 atom stereocenters. The summed E-state index contributed by atoms with van der Waals surface area (Å²) in [6.07, 6.45) is 11.9. The molecule has 61 heavy (non-hydrogen) atoms. The summed E-state index contributed by atoms with van der Waals surface area (Å²) in [5.74, 6) is 1.10. The van der Waals surface area contributed by atoms with E-state index in [4.69, 9.17) is 15.5 Å². The van der Waals surface area contributed by atoms with Crippen molar-refractivity contribution in [2.75, 3.05) is 55.5 Å². The Kier molecular flexibility index (Phi) is 13.6. The van der Waals surface area contributed by atoms with E-state index in [1.807, 2.05) is 24.3 Å². The maximum atomic E-state index is 16.1. The van der Waals surface area contributed by atoms with Gasteiger partial charge in [0.25, 0.3) is 0 Å². The van der Waals surface area contributed by atoms with Crippen molar-refractivity contribution in [2.45, 2.75) is 95.5 Å². The van der Waals surface area contributed by atoms with Crippen LogP contribution < -0.4 is 20.5 Å². The van der Waals surface area contributed by atoms with Gasteiger partial charge in [0.2, 0.25) is 27.8 Å². The summed E-state index contributed by atoms with van der Waals surface area (Å²) < 4.78 is 49.9. The van der Waals surface area contributed by atoms with Crippen LogP contribution in [0.2, 0.25) is 0 Å². The van der Waals surface area contributed by atoms with Crippen molar-refractivity contribution in [3.63, 3.8) is 0 Å². The zero-order chi connectivity index (χ0) is 42.5. The first-order valence-electron chi connectivity index (χ1n) is 21.9. The number of aromatic nitrogens is 3. The lowest BCUT2D eigenvalue weighted by Crippen LogP contribution is -2.43. The SMILES string of the molecule is CCCS(=O)(=O)Nc1cccc(-c2nc(C3CCN(CC4CCN(CC5CCC(Oc6ccc(C7CCC(=O)NC7=O)cc6)CC5)CC4)CC3)sc2-c2ccnc(N)n2)c1F. The number of nitrogens with two attached hydrogens (primary N) is 1. The number of ether oxygens (including phenoxy) is 1. The fourth-order valence-electron chi connectivity index (χ4n) is 9.51. The molecule has 2 aromatic carbocycles. The van der Waals surface area contributed by atoms with Crippen LogP contribution in [0.3, 0.4) is 0 Å². The van der Waals surface area contributed by atoms with Crippen molar-refractivity contribution in [1.82, 2.24) is 30.1 Å². The first-order chi connectivity index (χ1) is 29.5. The van der Waals surface area contributed by atoms with E-state index in [9.17, 15) is 18.0 Å². The molecule has 13 nitrogen and oxygen atoms in total. The molecule has 3 saturated heterocycles. The quantitative estimate of drug-likeness (QED) is 0.110. The largest absolute Gasteiger partial charge is 0.490 e. The Balaban J connectivity index is 0.797. The van der Waals surface area contributed by atoms with Crippen molar-refractivity contribution in [3.05, 3.63) is 71.1 Å². The van der Waals surface area contributed by atoms with Gasteiger partial charge in [-0.2, -0.15) is 0 Å². The number of anilines is 2. The summed E-state index contributed by atoms with van der Waals surface area (Å²) in [5, 5.41) is 3.37. The number of likely N-dealkylation sites (tertiary alicyclic amines) is 2. The van der Waals surface area contributed by atoms with Gasteiger partial charge in [-0.25, -0.2) is 27.8 Å². The van der Waals surface area contributed by atoms with Gasteiger partial charge in [-0.15, -0.1) is 11.3 Å². The second kappa shape index (κ2) is 19.3. The Bertz CT molecular complexity index is 2270. The Morgan fingerprint density at radius 3 is 2.25 bits per heavy atom. The minimum Gasteiger partial charge on any atom is -0.490 e. The fraction of sp³-hybridized carbons (Fsp3) is 0.533. The van der Waals surface area contributed by atoms with E-state index in [-0.39, 0.29) is 52.7 Å². The molecule has 3 aliphatic heterocycles. The highest BCUT2D eigenvalue weighted by molar-refractivity contribution is 7.92. The van der Waals surface area contributed by atoms with E-state index >= 15 is 4.39 Å². The molecule has 8 rings (SSSR count). The number of piperidine rings is 3. The number of hydrogen-bond acceptors (Lipinski definition) is 12. The fourth-order valence-corrected chi connectivity index (χ4v) is 11.9. The molecule has 0 spiro atoms. The Labute approximate surface area is 362 Å². The zero-order valence-electron chi connectivity index (χ0n) is 34.9. The number of carbonyl (C=O) groups is 2. The number of halogens is 1. The minimum atomic E-state index is -3.69. The van der Waals surface area contributed by atoms with Crippen LogP contribution in [0.1, 0.15) is 100.0 Å². The lowest BCUT2D eigenvalue weighted by Gasteiger charge is -2.39. The van der Waals surface area contributed by atoms with Gasteiger partial charge < -0.3 is 20.3 Å². The number of sulfonamides is 1. The van der Waals surface area contributed by atoms with Crippen molar-refractivity contribution >= 4 is 44.8 Å². The Morgan fingerprint density at radius 1 is 0.885 bits per heavy atom. The van der Waals surface area contributed by atoms with Crippen LogP contribution in [-0.4, -0.2) is 96.1 Å². The molecule has 2 amide bonds. The normalized spacial score (nSPS) is 22.6. The lowest BCUT2D eigenvalue weighted by atomic mass is 9.86. The third-order valence-electron chi connectivity index (χ3n) is 12.8. The molecule has 0 bridgehead atoms. The number of amides is 2. The van der Waals surface area contributed by atoms with E-state index in [1.165, 1.54) is 43.1 Å². The number of imide groups is 1. The van der Waals surface area contributed by atoms with E-state index in [0.717, 1.165) is 81.3 Å². The average molecular weight is 873 g/mol. The lowest BCUT2D eigenvalue weighted by molar-refractivity contribution is -0.134. The van der Waals surface area contributed by atoms with E-state index in [2.05, 4.69) is 29.8 Å². The molecule has 4 aliphatic rings. The van der Waals surface area contributed by atoms with Gasteiger partial charge in [-0.3, -0.25) is 19.6 Å². The predicted molar refractivity (Wildman–Crippen MR) is 236 cm³/mol. The summed E-state index contributed by atoms with van der Waals surface area (Å²) in [5.41, 5.74) is 7.99. The summed E-state index contributed by atoms with van der Waals surface area (Å²) in [4.78, 5) is 43.3. The van der Waals surface area contributed by atoms with Crippen molar-refractivity contribution in [3.8, 4) is 27.6 Å². The summed E-state index contributed by atoms with van der Waals surface area (Å²) in [7, 11) is -3.69. The predicted octanol–water partition coefficient (Wildman–Crippen LogP) is 7.19. The number of nitrogen functional groups attached to an aromatic ring is 1. The van der Waals surface area contributed by atoms with Gasteiger partial charge in [-0.05, 0) is 138 Å². The standard InChI is InChI=1S/C45H57FN8O5S2/c1-2-26-61(57,58)52-37-5-3-4-36(40(37)46)41-42(38-16-21-48-45(47)49-38)60-44(51-41)32-19-24-54(25-20-32)28-30-17-22-53(23-18-30)27-29-6-10-33(11-7-29)59-34-12-8-31(9-13-34)35-14-15-39(55)50-43(35)56/h3-5,8-9,12-13,16,21,29-30,32-33,35,52H,2,6-7,10-11,14-15,17-20,22-28H2,1H3,(H2,47,48,49)(H,50,55,56). The highest BCUT2D eigenvalue weighted by Crippen LogP contribution is 2.43. The number of benzene rings is 2. The molecule has 1 aliphatic carbocycles. The Morgan fingerprint density at radius 2 is 1.57 bits per heavy atom. The number of nitrogens with one attached hydrogen (secondary N) is 2. The molecule has 2 aromatic heterocycles. The third kappa shape index (κ3) is 10.8. The third-order valence-corrected chi connectivity index (χ3v) is 15.6. The average Bonchev–Trinajstić information content (AvgIpc) is 3.69. The second-order valence-corrected chi connectivity index (χ2v) is 20.1. The summed E-state index contributed by atoms with van der Waals surface area (Å²) >= 11 is 1.50. The number of rotatable bonds is 14. The van der Waals surface area contributed by atoms with Crippen LogP contribution in [0.5, 0.6) is 5.75 Å². The summed E-state index contributed by atoms with van der Waals surface area (Å²) in [6, 6.07) is 14.3. The minimum absolute atomic E-state index is 0.101. The second-order valence-electron chi connectivity index (χ2n) is 17.3. The van der Waals surface area contributed by atoms with Crippen LogP contribution in [0.15, 0.2) is 54.7 Å². The van der Waals surface area contributed by atoms with Crippen LogP contribution >= 0.6 is 11.3 Å². The molecule has 326 valence electrons. The summed E-state index contributed by atoms with van der Waals surface area (Å²) in [6.45, 7) is 8.29. The maximum absolute atomic E-state index is 16.1. The number of nitrogens with zero attached hydrogens (tertiary/aromatic N) is 5. The van der Waals surface area contributed by atoms with E-state index < -0.39 is 15.8 Å². The maximum Gasteiger partial charge on any atom is 0.234 e. The number of thiazole rings is 1. The van der Waals surface area contributed by atoms with Crippen LogP contribution in [0, 0.1) is 17.7 Å². The molecular weight excluding hydrogens is 816 g/mol. The van der Waals surface area contributed by atoms with Crippen LogP contribution in [0.4, 0.5) is 16.0 Å². The van der Waals surface area contributed by atoms with Gasteiger partial charge in [0.05, 0.1) is 44.7 Å². The number of hydrogen-bond donors (Lipinski definition) is 3. The van der Waals surface area contributed by atoms with Gasteiger partial charge in [0.1, 0.15) is 5.75 Å². The molecule has 1 unspecified atom stereocenters. The smallest absolute Gasteiger partial charge is 0.234 e. The van der Waals surface area contributed by atoms with E-state index in [1.54, 1.807) is 31.3 Å². The zero-order valence-corrected chi connectivity index (χ0v) is 36.5. The molecular formula is C45H57FN8O5S2. The van der Waals surface area contributed by atoms with Gasteiger partial charge in [0.15, 0.2) is 5.82 Å². The first kappa shape index (κ1) is 43.2. The Hall–Kier alpha value is -4.51. The van der Waals surface area contributed by atoms with Gasteiger partial charge in [-0.1, -0.05) is 25.1 Å². The van der Waals surface area contributed by atoms with Crippen molar-refractivity contribution < 1.29 is 27.1 Å². The molecule has 4 fully saturated rings. The van der Waals surface area contributed by atoms with Crippen LogP contribution in [0.25, 0.3) is 21.8 Å². The monoisotopic (exact) mass is 872 g/mol. The van der Waals surface area contributed by atoms with Crippen molar-refractivity contribution in [1.29, 1.82) is 0 Å². The topological polar surface area (TPSA) is 173 Å². The van der Waals surface area contributed by atoms with Crippen molar-refractivity contribution in [2.24, 2.45) is 11.8 Å². The molecule has 16 heteroatoms. The highest BCUT2D eigenvalue weighted by atomic mass is 32.2.